The molecule has 72 valence electrons. The molecular formula is C10H8ClNOS. The number of hydrogen-bond acceptors (Lipinski definition) is 3. The lowest BCUT2D eigenvalue weighted by molar-refractivity contribution is 0.477. The Hall–Kier alpha value is -1.19. The molecule has 0 bridgehead atoms. The first-order valence-corrected chi connectivity index (χ1v) is 5.31. The second kappa shape index (κ2) is 3.52. The van der Waals surface area contributed by atoms with Crippen molar-refractivity contribution in [3.63, 3.8) is 0 Å². The van der Waals surface area contributed by atoms with Gasteiger partial charge >= 0.3 is 0 Å². The van der Waals surface area contributed by atoms with Gasteiger partial charge in [0.1, 0.15) is 5.75 Å². The van der Waals surface area contributed by atoms with Crippen LogP contribution < -0.4 is 5.73 Å². The minimum Gasteiger partial charge on any atom is -0.507 e. The van der Waals surface area contributed by atoms with Crippen molar-refractivity contribution >= 4 is 28.6 Å². The Labute approximate surface area is 90.6 Å². The lowest BCUT2D eigenvalue weighted by atomic mass is 10.1. The largest absolute Gasteiger partial charge is 0.507 e. The number of anilines is 1. The van der Waals surface area contributed by atoms with Crippen LogP contribution in [0.5, 0.6) is 5.75 Å². The Balaban J connectivity index is 2.62. The zero-order valence-electron chi connectivity index (χ0n) is 7.20. The van der Waals surface area contributed by atoms with Crippen molar-refractivity contribution in [2.24, 2.45) is 0 Å². The van der Waals surface area contributed by atoms with Crippen LogP contribution in [0.25, 0.3) is 11.1 Å². The van der Waals surface area contributed by atoms with E-state index in [0.29, 0.717) is 16.3 Å². The maximum absolute atomic E-state index is 9.62. The number of thiophene rings is 1. The lowest BCUT2D eigenvalue weighted by Gasteiger charge is -2.04. The third-order valence-electron chi connectivity index (χ3n) is 1.93. The molecule has 0 aliphatic rings. The molecule has 0 saturated heterocycles. The van der Waals surface area contributed by atoms with Gasteiger partial charge in [-0.05, 0) is 18.2 Å². The molecule has 0 saturated carbocycles. The van der Waals surface area contributed by atoms with Gasteiger partial charge in [-0.3, -0.25) is 0 Å². The number of nitrogen functional groups attached to an aromatic ring is 1. The summed E-state index contributed by atoms with van der Waals surface area (Å²) >= 11 is 7.45. The van der Waals surface area contributed by atoms with E-state index < -0.39 is 0 Å². The molecule has 0 aliphatic carbocycles. The van der Waals surface area contributed by atoms with Crippen molar-refractivity contribution in [3.05, 3.63) is 34.0 Å². The van der Waals surface area contributed by atoms with E-state index in [0.717, 1.165) is 5.56 Å². The van der Waals surface area contributed by atoms with Crippen LogP contribution in [0.3, 0.4) is 0 Å². The van der Waals surface area contributed by atoms with Gasteiger partial charge in [0.15, 0.2) is 0 Å². The maximum atomic E-state index is 9.62. The van der Waals surface area contributed by atoms with Crippen molar-refractivity contribution in [1.82, 2.24) is 0 Å². The van der Waals surface area contributed by atoms with E-state index >= 15 is 0 Å². The molecule has 1 aromatic carbocycles. The second-order valence-corrected chi connectivity index (χ2v) is 4.06. The summed E-state index contributed by atoms with van der Waals surface area (Å²) in [5, 5.41) is 14.0. The van der Waals surface area contributed by atoms with Crippen molar-refractivity contribution in [2.45, 2.75) is 0 Å². The molecule has 1 heterocycles. The molecule has 0 fully saturated rings. The summed E-state index contributed by atoms with van der Waals surface area (Å²) in [5.41, 5.74) is 7.74. The molecule has 4 heteroatoms. The number of hydrogen-bond donors (Lipinski definition) is 2. The highest BCUT2D eigenvalue weighted by Gasteiger charge is 2.09. The monoisotopic (exact) mass is 225 g/mol. The van der Waals surface area contributed by atoms with Gasteiger partial charge in [0.25, 0.3) is 0 Å². The molecule has 0 aliphatic heterocycles. The van der Waals surface area contributed by atoms with Crippen LogP contribution >= 0.6 is 22.9 Å². The summed E-state index contributed by atoms with van der Waals surface area (Å²) in [5.74, 6) is 0.194. The summed E-state index contributed by atoms with van der Waals surface area (Å²) in [6.45, 7) is 0. The molecule has 2 nitrogen and oxygen atoms in total. The highest BCUT2D eigenvalue weighted by atomic mass is 35.5. The third kappa shape index (κ3) is 1.56. The summed E-state index contributed by atoms with van der Waals surface area (Å²) in [7, 11) is 0. The van der Waals surface area contributed by atoms with Crippen molar-refractivity contribution < 1.29 is 5.11 Å². The normalized spacial score (nSPS) is 10.4. The number of halogens is 1. The Morgan fingerprint density at radius 3 is 2.64 bits per heavy atom. The fourth-order valence-corrected chi connectivity index (χ4v) is 2.32. The van der Waals surface area contributed by atoms with Crippen LogP contribution in [0.4, 0.5) is 5.69 Å². The summed E-state index contributed by atoms with van der Waals surface area (Å²) in [6, 6.07) is 4.93. The fraction of sp³-hybridized carbons (Fsp3) is 0. The van der Waals surface area contributed by atoms with Gasteiger partial charge in [-0.1, -0.05) is 11.6 Å². The third-order valence-corrected chi connectivity index (χ3v) is 3.11. The van der Waals surface area contributed by atoms with E-state index in [1.54, 1.807) is 18.2 Å². The summed E-state index contributed by atoms with van der Waals surface area (Å²) < 4.78 is 0. The van der Waals surface area contributed by atoms with Gasteiger partial charge in [-0.25, -0.2) is 0 Å². The highest BCUT2D eigenvalue weighted by molar-refractivity contribution is 7.09. The van der Waals surface area contributed by atoms with Gasteiger partial charge < -0.3 is 10.8 Å². The Bertz CT molecular complexity index is 467. The van der Waals surface area contributed by atoms with Crippen LogP contribution in [-0.2, 0) is 0 Å². The zero-order valence-corrected chi connectivity index (χ0v) is 8.77. The summed E-state index contributed by atoms with van der Waals surface area (Å²) in [6.07, 6.45) is 0. The predicted molar refractivity (Wildman–Crippen MR) is 60.8 cm³/mol. The van der Waals surface area contributed by atoms with Crippen LogP contribution in [0, 0.1) is 0 Å². The highest BCUT2D eigenvalue weighted by Crippen LogP contribution is 2.37. The molecule has 2 aromatic rings. The van der Waals surface area contributed by atoms with Crippen molar-refractivity contribution in [3.8, 4) is 16.9 Å². The number of rotatable bonds is 1. The van der Waals surface area contributed by atoms with E-state index in [4.69, 9.17) is 17.3 Å². The Kier molecular flexibility index (Phi) is 2.35. The molecule has 3 N–H and O–H groups in total. The average Bonchev–Trinajstić information content (AvgIpc) is 2.56. The SMILES string of the molecule is Nc1ccc(O)c(-c2cscc2Cl)c1. The number of benzene rings is 1. The van der Waals surface area contributed by atoms with Crippen LogP contribution in [0.1, 0.15) is 0 Å². The average molecular weight is 226 g/mol. The first kappa shape index (κ1) is 9.37. The van der Waals surface area contributed by atoms with Crippen molar-refractivity contribution in [2.75, 3.05) is 5.73 Å². The van der Waals surface area contributed by atoms with Crippen LogP contribution in [0.2, 0.25) is 5.02 Å². The first-order chi connectivity index (χ1) is 6.68. The minimum atomic E-state index is 0.194. The maximum Gasteiger partial charge on any atom is 0.123 e. The molecule has 1 aromatic heterocycles. The Morgan fingerprint density at radius 1 is 1.21 bits per heavy atom. The van der Waals surface area contributed by atoms with E-state index in [1.807, 2.05) is 10.8 Å². The van der Waals surface area contributed by atoms with Gasteiger partial charge in [0.2, 0.25) is 0 Å². The van der Waals surface area contributed by atoms with Crippen LogP contribution in [-0.4, -0.2) is 5.11 Å². The lowest BCUT2D eigenvalue weighted by Crippen LogP contribution is -1.85. The van der Waals surface area contributed by atoms with E-state index in [1.165, 1.54) is 11.3 Å². The van der Waals surface area contributed by atoms with Gasteiger partial charge in [0, 0.05) is 27.6 Å². The number of aromatic hydroxyl groups is 1. The quantitative estimate of drug-likeness (QED) is 0.578. The molecule has 14 heavy (non-hydrogen) atoms. The molecule has 0 spiro atoms. The van der Waals surface area contributed by atoms with Gasteiger partial charge in [0.05, 0.1) is 5.02 Å². The van der Waals surface area contributed by atoms with Gasteiger partial charge in [-0.2, -0.15) is 11.3 Å². The number of phenols is 1. The first-order valence-electron chi connectivity index (χ1n) is 3.99. The molecular weight excluding hydrogens is 218 g/mol. The fourth-order valence-electron chi connectivity index (χ4n) is 1.24. The van der Waals surface area contributed by atoms with E-state index in [2.05, 4.69) is 0 Å². The standard InChI is InChI=1S/C10H8ClNOS/c11-9-5-14-4-8(9)7-3-6(12)1-2-10(7)13/h1-5,13H,12H2. The molecule has 0 radical (unpaired) electrons. The topological polar surface area (TPSA) is 46.2 Å². The molecule has 0 atom stereocenters. The van der Waals surface area contributed by atoms with Gasteiger partial charge in [-0.15, -0.1) is 0 Å². The van der Waals surface area contributed by atoms with E-state index in [-0.39, 0.29) is 5.75 Å². The minimum absolute atomic E-state index is 0.194. The second-order valence-electron chi connectivity index (χ2n) is 2.91. The summed E-state index contributed by atoms with van der Waals surface area (Å²) in [4.78, 5) is 0. The molecule has 0 unspecified atom stereocenters. The number of phenolic OH excluding ortho intramolecular Hbond substituents is 1. The smallest absolute Gasteiger partial charge is 0.123 e. The zero-order chi connectivity index (χ0) is 10.1. The van der Waals surface area contributed by atoms with Crippen molar-refractivity contribution in [1.29, 1.82) is 0 Å². The van der Waals surface area contributed by atoms with Crippen LogP contribution in [0.15, 0.2) is 29.0 Å². The number of nitrogens with two attached hydrogens (primary N) is 1. The molecule has 2 rings (SSSR count). The predicted octanol–water partition coefficient (Wildman–Crippen LogP) is 3.36. The molecule has 0 amide bonds. The van der Waals surface area contributed by atoms with E-state index in [9.17, 15) is 5.11 Å². The Morgan fingerprint density at radius 2 is 2.00 bits per heavy atom.